The first-order chi connectivity index (χ1) is 10.4. The Bertz CT molecular complexity index is 580. The van der Waals surface area contributed by atoms with Crippen molar-refractivity contribution in [1.29, 1.82) is 0 Å². The molecule has 0 saturated heterocycles. The van der Waals surface area contributed by atoms with E-state index in [0.717, 1.165) is 25.1 Å². The normalized spacial score (nSPS) is 11.1. The van der Waals surface area contributed by atoms with Crippen LogP contribution in [0.3, 0.4) is 0 Å². The fourth-order valence-electron chi connectivity index (χ4n) is 1.74. The predicted molar refractivity (Wildman–Crippen MR) is 86.8 cm³/mol. The van der Waals surface area contributed by atoms with Gasteiger partial charge >= 0.3 is 5.76 Å². The van der Waals surface area contributed by atoms with Crippen molar-refractivity contribution in [3.8, 4) is 0 Å². The molecule has 0 atom stereocenters. The van der Waals surface area contributed by atoms with Gasteiger partial charge < -0.3 is 10.6 Å². The van der Waals surface area contributed by atoms with E-state index >= 15 is 0 Å². The van der Waals surface area contributed by atoms with E-state index in [4.69, 9.17) is 0 Å². The molecule has 0 saturated carbocycles. The van der Waals surface area contributed by atoms with Crippen LogP contribution < -0.4 is 10.6 Å². The smallest absolute Gasteiger partial charge is 0.341 e. The fourth-order valence-corrected chi connectivity index (χ4v) is 2.46. The van der Waals surface area contributed by atoms with Gasteiger partial charge in [0.25, 0.3) is 0 Å². The quantitative estimate of drug-likeness (QED) is 0.649. The van der Waals surface area contributed by atoms with Crippen molar-refractivity contribution in [1.82, 2.24) is 10.6 Å². The molecule has 2 N–H and O–H groups in total. The third kappa shape index (κ3) is 7.24. The zero-order chi connectivity index (χ0) is 16.6. The highest BCUT2D eigenvalue weighted by Crippen LogP contribution is 2.18. The molecule has 5 nitrogen and oxygen atoms in total. The zero-order valence-corrected chi connectivity index (χ0v) is 14.4. The molecular weight excluding hydrogens is 350 g/mol. The Hall–Kier alpha value is -1.25. The molecule has 0 aliphatic heterocycles. The molecule has 1 amide bonds. The lowest BCUT2D eigenvalue weighted by atomic mass is 10.1. The van der Waals surface area contributed by atoms with Crippen LogP contribution in [0, 0.1) is 0 Å². The molecule has 0 aromatic heterocycles. The van der Waals surface area contributed by atoms with Gasteiger partial charge in [-0.05, 0) is 30.7 Å². The number of hydrogen-bond acceptors (Lipinski definition) is 4. The van der Waals surface area contributed by atoms with E-state index in [1.807, 2.05) is 6.92 Å². The maximum atomic E-state index is 12.4. The van der Waals surface area contributed by atoms with Gasteiger partial charge in [0, 0.05) is 13.1 Å². The molecule has 0 fully saturated rings. The van der Waals surface area contributed by atoms with Gasteiger partial charge in [-0.3, -0.25) is 4.79 Å². The van der Waals surface area contributed by atoms with Gasteiger partial charge in [-0.1, -0.05) is 19.1 Å². The Labute approximate surface area is 141 Å². The SMILES string of the molecule is CCCNCCNC(=O)Cc1ccc(S(=O)(=O)C(F)F)cc1.Cl. The van der Waals surface area contributed by atoms with Crippen LogP contribution in [0.2, 0.25) is 0 Å². The molecule has 0 radical (unpaired) electrons. The van der Waals surface area contributed by atoms with E-state index in [1.54, 1.807) is 0 Å². The van der Waals surface area contributed by atoms with Crippen molar-refractivity contribution >= 4 is 28.2 Å². The second-order valence-corrected chi connectivity index (χ2v) is 6.64. The summed E-state index contributed by atoms with van der Waals surface area (Å²) in [5, 5.41) is 5.85. The van der Waals surface area contributed by atoms with Crippen LogP contribution in [-0.4, -0.2) is 39.7 Å². The number of carbonyl (C=O) groups excluding carboxylic acids is 1. The largest absolute Gasteiger partial charge is 0.355 e. The molecule has 1 rings (SSSR count). The minimum absolute atomic E-state index is 0. The van der Waals surface area contributed by atoms with Gasteiger partial charge in [-0.25, -0.2) is 8.42 Å². The van der Waals surface area contributed by atoms with E-state index in [0.29, 0.717) is 18.7 Å². The predicted octanol–water partition coefficient (Wildman–Crippen LogP) is 1.76. The van der Waals surface area contributed by atoms with Crippen molar-refractivity contribution in [2.24, 2.45) is 0 Å². The standard InChI is InChI=1S/C14H20F2N2O3S.ClH/c1-2-7-17-8-9-18-13(19)10-11-3-5-12(6-4-11)22(20,21)14(15)16;/h3-6,14,17H,2,7-10H2,1H3,(H,18,19);1H. The highest BCUT2D eigenvalue weighted by molar-refractivity contribution is 7.91. The van der Waals surface area contributed by atoms with Gasteiger partial charge in [0.2, 0.25) is 15.7 Å². The Morgan fingerprint density at radius 1 is 1.13 bits per heavy atom. The first-order valence-electron chi connectivity index (χ1n) is 6.96. The number of alkyl halides is 2. The van der Waals surface area contributed by atoms with Crippen LogP contribution in [0.15, 0.2) is 29.2 Å². The van der Waals surface area contributed by atoms with Crippen LogP contribution in [0.4, 0.5) is 8.78 Å². The lowest BCUT2D eigenvalue weighted by Crippen LogP contribution is -2.33. The van der Waals surface area contributed by atoms with Crippen LogP contribution in [0.5, 0.6) is 0 Å². The molecule has 0 unspecified atom stereocenters. The number of carbonyl (C=O) groups is 1. The maximum Gasteiger partial charge on any atom is 0.341 e. The van der Waals surface area contributed by atoms with Crippen LogP contribution >= 0.6 is 12.4 Å². The van der Waals surface area contributed by atoms with Crippen molar-refractivity contribution in [3.63, 3.8) is 0 Å². The number of amides is 1. The Morgan fingerprint density at radius 3 is 2.26 bits per heavy atom. The summed E-state index contributed by atoms with van der Waals surface area (Å²) in [6.45, 7) is 4.10. The zero-order valence-electron chi connectivity index (χ0n) is 12.7. The van der Waals surface area contributed by atoms with Crippen molar-refractivity contribution in [2.75, 3.05) is 19.6 Å². The molecule has 1 aromatic carbocycles. The first-order valence-corrected chi connectivity index (χ1v) is 8.51. The van der Waals surface area contributed by atoms with Crippen LogP contribution in [0.1, 0.15) is 18.9 Å². The first kappa shape index (κ1) is 21.8. The second-order valence-electron chi connectivity index (χ2n) is 4.73. The third-order valence-corrected chi connectivity index (χ3v) is 4.30. The minimum Gasteiger partial charge on any atom is -0.355 e. The topological polar surface area (TPSA) is 75.3 Å². The van der Waals surface area contributed by atoms with Gasteiger partial charge in [0.15, 0.2) is 0 Å². The number of benzene rings is 1. The molecule has 23 heavy (non-hydrogen) atoms. The summed E-state index contributed by atoms with van der Waals surface area (Å²) < 4.78 is 47.3. The summed E-state index contributed by atoms with van der Waals surface area (Å²) in [6, 6.07) is 4.91. The number of halogens is 3. The van der Waals surface area contributed by atoms with Gasteiger partial charge in [-0.2, -0.15) is 8.78 Å². The fraction of sp³-hybridized carbons (Fsp3) is 0.500. The van der Waals surface area contributed by atoms with E-state index in [-0.39, 0.29) is 24.7 Å². The lowest BCUT2D eigenvalue weighted by molar-refractivity contribution is -0.120. The molecular formula is C14H21ClF2N2O3S. The molecule has 1 aromatic rings. The molecule has 0 heterocycles. The molecule has 0 spiro atoms. The van der Waals surface area contributed by atoms with E-state index < -0.39 is 20.5 Å². The highest BCUT2D eigenvalue weighted by atomic mass is 35.5. The van der Waals surface area contributed by atoms with Crippen molar-refractivity contribution < 1.29 is 22.0 Å². The maximum absolute atomic E-state index is 12.4. The monoisotopic (exact) mass is 370 g/mol. The Balaban J connectivity index is 0.00000484. The summed E-state index contributed by atoms with van der Waals surface area (Å²) in [4.78, 5) is 11.2. The van der Waals surface area contributed by atoms with Gasteiger partial charge in [0.1, 0.15) is 0 Å². The number of nitrogens with one attached hydrogen (secondary N) is 2. The van der Waals surface area contributed by atoms with E-state index in [1.165, 1.54) is 12.1 Å². The second kappa shape index (κ2) is 10.5. The van der Waals surface area contributed by atoms with Gasteiger partial charge in [-0.15, -0.1) is 12.4 Å². The third-order valence-electron chi connectivity index (χ3n) is 2.90. The van der Waals surface area contributed by atoms with E-state index in [2.05, 4.69) is 10.6 Å². The van der Waals surface area contributed by atoms with Gasteiger partial charge in [0.05, 0.1) is 11.3 Å². The molecule has 9 heteroatoms. The summed E-state index contributed by atoms with van der Waals surface area (Å²) >= 11 is 0. The Morgan fingerprint density at radius 2 is 1.74 bits per heavy atom. The van der Waals surface area contributed by atoms with Crippen LogP contribution in [0.25, 0.3) is 0 Å². The summed E-state index contributed by atoms with van der Waals surface area (Å²) in [5.41, 5.74) is 0.562. The number of sulfone groups is 1. The molecule has 132 valence electrons. The molecule has 0 bridgehead atoms. The number of hydrogen-bond donors (Lipinski definition) is 2. The van der Waals surface area contributed by atoms with Crippen molar-refractivity contribution in [3.05, 3.63) is 29.8 Å². The highest BCUT2D eigenvalue weighted by Gasteiger charge is 2.26. The summed E-state index contributed by atoms with van der Waals surface area (Å²) in [7, 11) is -4.59. The lowest BCUT2D eigenvalue weighted by Gasteiger charge is -2.07. The minimum atomic E-state index is -4.59. The molecule has 0 aliphatic rings. The number of rotatable bonds is 9. The average Bonchev–Trinajstić information content (AvgIpc) is 2.47. The average molecular weight is 371 g/mol. The van der Waals surface area contributed by atoms with Crippen LogP contribution in [-0.2, 0) is 21.1 Å². The van der Waals surface area contributed by atoms with E-state index in [9.17, 15) is 22.0 Å². The summed E-state index contributed by atoms with van der Waals surface area (Å²) in [6.07, 6.45) is 1.09. The van der Waals surface area contributed by atoms with Crippen molar-refractivity contribution in [2.45, 2.75) is 30.4 Å². The molecule has 0 aliphatic carbocycles. The summed E-state index contributed by atoms with van der Waals surface area (Å²) in [5.74, 6) is -3.65. The Kier molecular flexibility index (Phi) is 9.94.